The van der Waals surface area contributed by atoms with E-state index in [4.69, 9.17) is 53.1 Å². The lowest BCUT2D eigenvalue weighted by atomic mass is 10.1. The molecule has 0 unspecified atom stereocenters. The highest BCUT2D eigenvalue weighted by Crippen LogP contribution is 2.21. The number of nitrogens with zero attached hydrogens (tertiary/aromatic N) is 1. The average Bonchev–Trinajstić information content (AvgIpc) is 3.28. The van der Waals surface area contributed by atoms with Gasteiger partial charge in [-0.15, -0.1) is 0 Å². The Bertz CT molecular complexity index is 828. The summed E-state index contributed by atoms with van der Waals surface area (Å²) in [5, 5.41) is 0. The quantitative estimate of drug-likeness (QED) is 0.0864. The van der Waals surface area contributed by atoms with Crippen LogP contribution in [0.5, 0.6) is 0 Å². The molecule has 252 valence electrons. The van der Waals surface area contributed by atoms with E-state index < -0.39 is 0 Å². The molecule has 1 aromatic carbocycles. The summed E-state index contributed by atoms with van der Waals surface area (Å²) in [4.78, 5) is 25.8. The van der Waals surface area contributed by atoms with Gasteiger partial charge < -0.3 is 53.1 Å². The van der Waals surface area contributed by atoms with Gasteiger partial charge in [0.15, 0.2) is 0 Å². The number of benzene rings is 1. The van der Waals surface area contributed by atoms with Crippen LogP contribution in [0.1, 0.15) is 20.7 Å². The summed E-state index contributed by atoms with van der Waals surface area (Å²) in [5.74, 6) is -0.555. The van der Waals surface area contributed by atoms with Crippen LogP contribution in [0.3, 0.4) is 0 Å². The van der Waals surface area contributed by atoms with Crippen LogP contribution in [0, 0.1) is 0 Å². The van der Waals surface area contributed by atoms with E-state index >= 15 is 0 Å². The van der Waals surface area contributed by atoms with Crippen LogP contribution in [-0.2, 0) is 47.4 Å². The van der Waals surface area contributed by atoms with Crippen molar-refractivity contribution >= 4 is 11.8 Å². The molecule has 1 heterocycles. The van der Waals surface area contributed by atoms with E-state index in [1.165, 1.54) is 4.90 Å². The minimum Gasteiger partial charge on any atom is -0.378 e. The first-order valence-corrected chi connectivity index (χ1v) is 15.2. The first kappa shape index (κ1) is 38.1. The number of imide groups is 1. The van der Waals surface area contributed by atoms with Crippen LogP contribution in [-0.4, -0.2) is 162 Å². The molecule has 2 rings (SSSR count). The van der Waals surface area contributed by atoms with Gasteiger partial charge in [-0.1, -0.05) is 12.1 Å². The van der Waals surface area contributed by atoms with Gasteiger partial charge in [0.25, 0.3) is 11.8 Å². The summed E-state index contributed by atoms with van der Waals surface area (Å²) in [6.07, 6.45) is 0. The molecule has 0 aliphatic carbocycles. The maximum Gasteiger partial charge on any atom is 0.261 e. The number of hydrogen-bond donors (Lipinski definition) is 1. The van der Waals surface area contributed by atoms with Gasteiger partial charge in [0.2, 0.25) is 0 Å². The molecule has 14 heteroatoms. The van der Waals surface area contributed by atoms with Gasteiger partial charge in [0.05, 0.1) is 150 Å². The molecule has 2 N–H and O–H groups in total. The molecule has 0 radical (unpaired) electrons. The number of carbonyl (C=O) groups excluding carboxylic acids is 2. The standard InChI is InChI=1S/C30H50N2O12/c31-5-7-35-9-11-37-13-15-39-17-19-41-21-23-43-25-26-44-24-22-42-20-18-40-16-14-38-12-10-36-8-6-32-29(33)27-3-1-2-4-28(27)30(32)34/h1-4H,5-26,31H2. The topological polar surface area (TPSA) is 156 Å². The molecular formula is C30H50N2O12. The Balaban J connectivity index is 1.19. The van der Waals surface area contributed by atoms with Crippen molar-refractivity contribution in [3.05, 3.63) is 35.4 Å². The predicted octanol–water partition coefficient (Wildman–Crippen LogP) is 0.407. The summed E-state index contributed by atoms with van der Waals surface area (Å²) in [6, 6.07) is 6.82. The highest BCUT2D eigenvalue weighted by molar-refractivity contribution is 6.21. The molecule has 0 fully saturated rings. The van der Waals surface area contributed by atoms with Gasteiger partial charge in [-0.2, -0.15) is 0 Å². The van der Waals surface area contributed by atoms with Gasteiger partial charge in [-0.25, -0.2) is 0 Å². The third kappa shape index (κ3) is 18.0. The van der Waals surface area contributed by atoms with Crippen molar-refractivity contribution in [1.29, 1.82) is 0 Å². The number of ether oxygens (including phenoxy) is 10. The van der Waals surface area contributed by atoms with Gasteiger partial charge in [0.1, 0.15) is 0 Å². The van der Waals surface area contributed by atoms with Crippen molar-refractivity contribution in [2.45, 2.75) is 0 Å². The van der Waals surface area contributed by atoms with E-state index in [0.29, 0.717) is 143 Å². The van der Waals surface area contributed by atoms with Gasteiger partial charge in [-0.05, 0) is 12.1 Å². The Morgan fingerprint density at radius 1 is 0.409 bits per heavy atom. The normalized spacial score (nSPS) is 12.9. The van der Waals surface area contributed by atoms with E-state index in [0.717, 1.165) is 0 Å². The zero-order chi connectivity index (χ0) is 31.3. The van der Waals surface area contributed by atoms with Crippen LogP contribution in [0.2, 0.25) is 0 Å². The Hall–Kier alpha value is -2.08. The Labute approximate surface area is 260 Å². The SMILES string of the molecule is NCCOCCOCCOCCOCCOCCOCCOCCOCCOCCOCCN1C(=O)c2ccccc2C1=O. The fourth-order valence-corrected chi connectivity index (χ4v) is 3.76. The summed E-state index contributed by atoms with van der Waals surface area (Å²) in [6.45, 7) is 10.2. The van der Waals surface area contributed by atoms with E-state index in [9.17, 15) is 9.59 Å². The Kier molecular flexibility index (Phi) is 23.6. The fraction of sp³-hybridized carbons (Fsp3) is 0.733. The molecule has 0 aromatic heterocycles. The molecule has 0 spiro atoms. The summed E-state index contributed by atoms with van der Waals surface area (Å²) >= 11 is 0. The van der Waals surface area contributed by atoms with Crippen molar-refractivity contribution in [2.24, 2.45) is 5.73 Å². The highest BCUT2D eigenvalue weighted by atomic mass is 16.6. The molecule has 1 aliphatic heterocycles. The Morgan fingerprint density at radius 3 is 0.932 bits per heavy atom. The van der Waals surface area contributed by atoms with Crippen LogP contribution in [0.25, 0.3) is 0 Å². The molecular weight excluding hydrogens is 580 g/mol. The number of rotatable bonds is 32. The second kappa shape index (κ2) is 27.2. The van der Waals surface area contributed by atoms with Gasteiger partial charge >= 0.3 is 0 Å². The van der Waals surface area contributed by atoms with Crippen LogP contribution in [0.15, 0.2) is 24.3 Å². The molecule has 0 saturated heterocycles. The minimum absolute atomic E-state index is 0.215. The molecule has 0 bridgehead atoms. The van der Waals surface area contributed by atoms with E-state index in [2.05, 4.69) is 0 Å². The molecule has 44 heavy (non-hydrogen) atoms. The lowest BCUT2D eigenvalue weighted by Crippen LogP contribution is -2.33. The highest BCUT2D eigenvalue weighted by Gasteiger charge is 2.34. The Morgan fingerprint density at radius 2 is 0.659 bits per heavy atom. The fourth-order valence-electron chi connectivity index (χ4n) is 3.76. The number of carbonyl (C=O) groups is 2. The molecule has 14 nitrogen and oxygen atoms in total. The predicted molar refractivity (Wildman–Crippen MR) is 159 cm³/mol. The first-order chi connectivity index (χ1) is 21.8. The lowest BCUT2D eigenvalue weighted by Gasteiger charge is -2.13. The maximum absolute atomic E-state index is 12.3. The maximum atomic E-state index is 12.3. The molecule has 0 saturated carbocycles. The summed E-state index contributed by atoms with van der Waals surface area (Å²) in [5.41, 5.74) is 6.21. The van der Waals surface area contributed by atoms with Crippen molar-refractivity contribution in [1.82, 2.24) is 4.90 Å². The van der Waals surface area contributed by atoms with Gasteiger partial charge in [-0.3, -0.25) is 14.5 Å². The van der Waals surface area contributed by atoms with E-state index in [1.807, 2.05) is 0 Å². The first-order valence-electron chi connectivity index (χ1n) is 15.2. The zero-order valence-corrected chi connectivity index (χ0v) is 25.8. The van der Waals surface area contributed by atoms with Gasteiger partial charge in [0, 0.05) is 6.54 Å². The second-order valence-corrected chi connectivity index (χ2v) is 9.22. The van der Waals surface area contributed by atoms with Crippen LogP contribution < -0.4 is 5.73 Å². The third-order valence-corrected chi connectivity index (χ3v) is 5.95. The second-order valence-electron chi connectivity index (χ2n) is 9.22. The smallest absolute Gasteiger partial charge is 0.261 e. The third-order valence-electron chi connectivity index (χ3n) is 5.95. The van der Waals surface area contributed by atoms with Crippen molar-refractivity contribution in [2.75, 3.05) is 145 Å². The lowest BCUT2D eigenvalue weighted by molar-refractivity contribution is -0.0264. The van der Waals surface area contributed by atoms with Crippen molar-refractivity contribution < 1.29 is 57.0 Å². The monoisotopic (exact) mass is 630 g/mol. The van der Waals surface area contributed by atoms with E-state index in [1.54, 1.807) is 24.3 Å². The largest absolute Gasteiger partial charge is 0.378 e. The number of amides is 2. The summed E-state index contributed by atoms with van der Waals surface area (Å²) in [7, 11) is 0. The average molecular weight is 631 g/mol. The molecule has 2 amide bonds. The van der Waals surface area contributed by atoms with E-state index in [-0.39, 0.29) is 25.0 Å². The number of nitrogens with two attached hydrogens (primary N) is 1. The van der Waals surface area contributed by atoms with Crippen molar-refractivity contribution in [3.8, 4) is 0 Å². The zero-order valence-electron chi connectivity index (χ0n) is 25.8. The van der Waals surface area contributed by atoms with Crippen LogP contribution >= 0.6 is 0 Å². The molecule has 1 aromatic rings. The molecule has 1 aliphatic rings. The number of fused-ring (bicyclic) bond motifs is 1. The summed E-state index contributed by atoms with van der Waals surface area (Å²) < 4.78 is 54.2. The minimum atomic E-state index is -0.277. The van der Waals surface area contributed by atoms with Crippen molar-refractivity contribution in [3.63, 3.8) is 0 Å². The number of hydrogen-bond acceptors (Lipinski definition) is 13. The van der Waals surface area contributed by atoms with Crippen LogP contribution in [0.4, 0.5) is 0 Å². The molecule has 0 atom stereocenters.